The SMILES string of the molecule is Cc1cc(C(=O)Nc2ccccc2N(C)c2ccccc2)c2c(c1)C(C)CCN2. The Morgan fingerprint density at radius 1 is 1.07 bits per heavy atom. The zero-order valence-electron chi connectivity index (χ0n) is 17.2. The van der Waals surface area contributed by atoms with Crippen molar-refractivity contribution in [2.24, 2.45) is 0 Å². The predicted molar refractivity (Wildman–Crippen MR) is 122 cm³/mol. The molecule has 4 nitrogen and oxygen atoms in total. The lowest BCUT2D eigenvalue weighted by molar-refractivity contribution is 0.102. The van der Waals surface area contributed by atoms with Crippen LogP contribution in [0, 0.1) is 6.92 Å². The molecule has 4 heteroatoms. The maximum atomic E-state index is 13.3. The fourth-order valence-corrected chi connectivity index (χ4v) is 4.00. The van der Waals surface area contributed by atoms with Crippen molar-refractivity contribution in [3.63, 3.8) is 0 Å². The van der Waals surface area contributed by atoms with E-state index in [2.05, 4.69) is 47.6 Å². The van der Waals surface area contributed by atoms with Gasteiger partial charge in [0.25, 0.3) is 5.91 Å². The van der Waals surface area contributed by atoms with Gasteiger partial charge in [0.2, 0.25) is 0 Å². The Morgan fingerprint density at radius 3 is 2.59 bits per heavy atom. The van der Waals surface area contributed by atoms with Crippen LogP contribution in [0.1, 0.15) is 40.7 Å². The zero-order valence-corrected chi connectivity index (χ0v) is 17.2. The van der Waals surface area contributed by atoms with E-state index in [9.17, 15) is 4.79 Å². The molecule has 1 unspecified atom stereocenters. The summed E-state index contributed by atoms with van der Waals surface area (Å²) in [5.41, 5.74) is 6.84. The van der Waals surface area contributed by atoms with E-state index >= 15 is 0 Å². The van der Waals surface area contributed by atoms with Gasteiger partial charge in [0.1, 0.15) is 0 Å². The van der Waals surface area contributed by atoms with Crippen LogP contribution in [0.25, 0.3) is 0 Å². The third-order valence-electron chi connectivity index (χ3n) is 5.62. The summed E-state index contributed by atoms with van der Waals surface area (Å²) in [5, 5.41) is 6.60. The number of fused-ring (bicyclic) bond motifs is 1. The van der Waals surface area contributed by atoms with Crippen LogP contribution < -0.4 is 15.5 Å². The molecule has 0 bridgehead atoms. The lowest BCUT2D eigenvalue weighted by atomic mass is 9.89. The minimum absolute atomic E-state index is 0.0829. The molecule has 3 aromatic carbocycles. The van der Waals surface area contributed by atoms with Crippen molar-refractivity contribution in [1.82, 2.24) is 0 Å². The molecule has 1 aliphatic rings. The van der Waals surface area contributed by atoms with Gasteiger partial charge in [-0.1, -0.05) is 43.3 Å². The first-order chi connectivity index (χ1) is 14.0. The Kier molecular flexibility index (Phi) is 5.26. The highest BCUT2D eigenvalue weighted by molar-refractivity contribution is 6.10. The third-order valence-corrected chi connectivity index (χ3v) is 5.62. The van der Waals surface area contributed by atoms with Crippen molar-refractivity contribution in [1.29, 1.82) is 0 Å². The number of benzene rings is 3. The Bertz CT molecular complexity index is 1030. The number of hydrogen-bond acceptors (Lipinski definition) is 3. The number of nitrogens with one attached hydrogen (secondary N) is 2. The molecule has 29 heavy (non-hydrogen) atoms. The van der Waals surface area contributed by atoms with Gasteiger partial charge in [0.15, 0.2) is 0 Å². The lowest BCUT2D eigenvalue weighted by Gasteiger charge is -2.27. The van der Waals surface area contributed by atoms with Crippen LogP contribution in [0.15, 0.2) is 66.7 Å². The molecular formula is C25H27N3O. The summed E-state index contributed by atoms with van der Waals surface area (Å²) in [6.07, 6.45) is 1.09. The van der Waals surface area contributed by atoms with Crippen LogP contribution in [0.3, 0.4) is 0 Å². The van der Waals surface area contributed by atoms with Crippen molar-refractivity contribution < 1.29 is 4.79 Å². The molecular weight excluding hydrogens is 358 g/mol. The molecule has 0 saturated carbocycles. The molecule has 0 saturated heterocycles. The highest BCUT2D eigenvalue weighted by Crippen LogP contribution is 2.36. The van der Waals surface area contributed by atoms with Gasteiger partial charge in [-0.15, -0.1) is 0 Å². The number of amides is 1. The summed E-state index contributed by atoms with van der Waals surface area (Å²) in [4.78, 5) is 15.4. The van der Waals surface area contributed by atoms with E-state index in [4.69, 9.17) is 0 Å². The summed E-state index contributed by atoms with van der Waals surface area (Å²) < 4.78 is 0. The van der Waals surface area contributed by atoms with Gasteiger partial charge < -0.3 is 15.5 Å². The number of anilines is 4. The molecule has 0 radical (unpaired) electrons. The van der Waals surface area contributed by atoms with Gasteiger partial charge in [-0.25, -0.2) is 0 Å². The van der Waals surface area contributed by atoms with Gasteiger partial charge in [-0.05, 0) is 60.7 Å². The molecule has 4 rings (SSSR count). The van der Waals surface area contributed by atoms with Gasteiger partial charge in [0, 0.05) is 19.3 Å². The van der Waals surface area contributed by atoms with Gasteiger partial charge in [-0.3, -0.25) is 4.79 Å². The standard InChI is InChI=1S/C25H27N3O/c1-17-15-20-18(2)13-14-26-24(20)21(16-17)25(29)27-22-11-7-8-12-23(22)28(3)19-9-5-4-6-10-19/h4-12,15-16,18,26H,13-14H2,1-3H3,(H,27,29). The average Bonchev–Trinajstić information content (AvgIpc) is 2.74. The van der Waals surface area contributed by atoms with Crippen molar-refractivity contribution in [3.8, 4) is 0 Å². The first kappa shape index (κ1) is 19.1. The Labute approximate surface area is 172 Å². The summed E-state index contributed by atoms with van der Waals surface area (Å²) in [6.45, 7) is 5.17. The highest BCUT2D eigenvalue weighted by atomic mass is 16.1. The quantitative estimate of drug-likeness (QED) is 0.585. The molecule has 3 aromatic rings. The van der Waals surface area contributed by atoms with Crippen LogP contribution in [0.5, 0.6) is 0 Å². The van der Waals surface area contributed by atoms with E-state index in [1.165, 1.54) is 5.56 Å². The molecule has 0 aromatic heterocycles. The van der Waals surface area contributed by atoms with Crippen molar-refractivity contribution in [2.45, 2.75) is 26.2 Å². The molecule has 1 heterocycles. The molecule has 0 aliphatic carbocycles. The number of nitrogens with zero attached hydrogens (tertiary/aromatic N) is 1. The monoisotopic (exact) mass is 385 g/mol. The third kappa shape index (κ3) is 3.83. The number of hydrogen-bond donors (Lipinski definition) is 2. The van der Waals surface area contributed by atoms with Gasteiger partial charge in [0.05, 0.1) is 22.6 Å². The molecule has 1 aliphatic heterocycles. The Hall–Kier alpha value is -3.27. The van der Waals surface area contributed by atoms with Crippen LogP contribution in [-0.2, 0) is 0 Å². The number of para-hydroxylation sites is 3. The van der Waals surface area contributed by atoms with E-state index in [0.29, 0.717) is 11.5 Å². The first-order valence-corrected chi connectivity index (χ1v) is 10.1. The molecule has 0 spiro atoms. The van der Waals surface area contributed by atoms with E-state index in [-0.39, 0.29) is 5.91 Å². The van der Waals surface area contributed by atoms with Crippen molar-refractivity contribution >= 4 is 28.7 Å². The first-order valence-electron chi connectivity index (χ1n) is 10.1. The predicted octanol–water partition coefficient (Wildman–Crippen LogP) is 5.93. The maximum absolute atomic E-state index is 13.3. The van der Waals surface area contributed by atoms with E-state index in [0.717, 1.165) is 41.3 Å². The van der Waals surface area contributed by atoms with Crippen LogP contribution in [-0.4, -0.2) is 19.5 Å². The molecule has 0 fully saturated rings. The van der Waals surface area contributed by atoms with Gasteiger partial charge >= 0.3 is 0 Å². The number of rotatable bonds is 4. The van der Waals surface area contributed by atoms with E-state index < -0.39 is 0 Å². The topological polar surface area (TPSA) is 44.4 Å². The number of carbonyl (C=O) groups is 1. The zero-order chi connectivity index (χ0) is 20.4. The molecule has 148 valence electrons. The van der Waals surface area contributed by atoms with Crippen molar-refractivity contribution in [2.75, 3.05) is 29.1 Å². The molecule has 1 amide bonds. The second kappa shape index (κ2) is 8.00. The second-order valence-electron chi connectivity index (χ2n) is 7.76. The fourth-order valence-electron chi connectivity index (χ4n) is 4.00. The number of carbonyl (C=O) groups excluding carboxylic acids is 1. The summed E-state index contributed by atoms with van der Waals surface area (Å²) in [5.74, 6) is 0.370. The maximum Gasteiger partial charge on any atom is 0.257 e. The van der Waals surface area contributed by atoms with Crippen LogP contribution >= 0.6 is 0 Å². The molecule has 1 atom stereocenters. The Morgan fingerprint density at radius 2 is 1.79 bits per heavy atom. The largest absolute Gasteiger partial charge is 0.384 e. The summed E-state index contributed by atoms with van der Waals surface area (Å²) in [7, 11) is 2.01. The lowest BCUT2D eigenvalue weighted by Crippen LogP contribution is -2.22. The summed E-state index contributed by atoms with van der Waals surface area (Å²) in [6, 6.07) is 22.2. The smallest absolute Gasteiger partial charge is 0.257 e. The Balaban J connectivity index is 1.67. The summed E-state index contributed by atoms with van der Waals surface area (Å²) >= 11 is 0. The highest BCUT2D eigenvalue weighted by Gasteiger charge is 2.23. The van der Waals surface area contributed by atoms with Crippen molar-refractivity contribution in [3.05, 3.63) is 83.4 Å². The van der Waals surface area contributed by atoms with Gasteiger partial charge in [-0.2, -0.15) is 0 Å². The average molecular weight is 386 g/mol. The minimum Gasteiger partial charge on any atom is -0.384 e. The fraction of sp³-hybridized carbons (Fsp3) is 0.240. The normalized spacial score (nSPS) is 15.2. The van der Waals surface area contributed by atoms with E-state index in [1.54, 1.807) is 0 Å². The molecule has 2 N–H and O–H groups in total. The van der Waals surface area contributed by atoms with Crippen LogP contribution in [0.2, 0.25) is 0 Å². The van der Waals surface area contributed by atoms with Crippen LogP contribution in [0.4, 0.5) is 22.7 Å². The number of aryl methyl sites for hydroxylation is 1. The second-order valence-corrected chi connectivity index (χ2v) is 7.76. The van der Waals surface area contributed by atoms with E-state index in [1.807, 2.05) is 55.6 Å². The minimum atomic E-state index is -0.0829.